The van der Waals surface area contributed by atoms with Gasteiger partial charge in [0.15, 0.2) is 0 Å². The minimum Gasteiger partial charge on any atom is -0.352 e. The molecule has 116 valence electrons. The summed E-state index contributed by atoms with van der Waals surface area (Å²) in [6, 6.07) is 20.4. The molecule has 2 aromatic rings. The lowest BCUT2D eigenvalue weighted by molar-refractivity contribution is 0.241. The van der Waals surface area contributed by atoms with E-state index in [4.69, 9.17) is 5.73 Å². The summed E-state index contributed by atoms with van der Waals surface area (Å²) in [6.45, 7) is 3.30. The number of carbonyl (C=O) groups is 1. The summed E-state index contributed by atoms with van der Waals surface area (Å²) in [6.07, 6.45) is 0.878. The van der Waals surface area contributed by atoms with Gasteiger partial charge in [0.05, 0.1) is 0 Å². The zero-order valence-corrected chi connectivity index (χ0v) is 12.7. The minimum absolute atomic E-state index is 0.460. The van der Waals surface area contributed by atoms with Gasteiger partial charge in [0, 0.05) is 26.2 Å². The van der Waals surface area contributed by atoms with E-state index < -0.39 is 6.03 Å². The molecule has 0 aliphatic rings. The van der Waals surface area contributed by atoms with E-state index in [0.29, 0.717) is 6.54 Å². The topological polar surface area (TPSA) is 58.4 Å². The van der Waals surface area contributed by atoms with Crippen molar-refractivity contribution in [3.63, 3.8) is 0 Å². The average molecular weight is 297 g/mol. The van der Waals surface area contributed by atoms with Gasteiger partial charge in [-0.05, 0) is 17.5 Å². The Morgan fingerprint density at radius 1 is 0.909 bits per heavy atom. The molecule has 0 spiro atoms. The number of hydrogen-bond donors (Lipinski definition) is 2. The lowest BCUT2D eigenvalue weighted by Gasteiger charge is -2.22. The standard InChI is InChI=1S/C18H23N3O/c19-18(22)20-12-7-13-21(14-16-8-3-1-4-9-16)15-17-10-5-2-6-11-17/h1-6,8-11H,7,12-15H2,(H3,19,20,22). The van der Waals surface area contributed by atoms with Crippen molar-refractivity contribution in [3.05, 3.63) is 71.8 Å². The van der Waals surface area contributed by atoms with Crippen molar-refractivity contribution >= 4 is 6.03 Å². The molecule has 0 radical (unpaired) electrons. The van der Waals surface area contributed by atoms with Crippen molar-refractivity contribution in [2.45, 2.75) is 19.5 Å². The van der Waals surface area contributed by atoms with Crippen LogP contribution in [0.1, 0.15) is 17.5 Å². The predicted octanol–water partition coefficient (Wildman–Crippen LogP) is 2.75. The molecule has 4 heteroatoms. The summed E-state index contributed by atoms with van der Waals surface area (Å²) in [5.74, 6) is 0. The molecule has 4 nitrogen and oxygen atoms in total. The van der Waals surface area contributed by atoms with Gasteiger partial charge in [0.2, 0.25) is 0 Å². The van der Waals surface area contributed by atoms with Crippen LogP contribution in [-0.4, -0.2) is 24.0 Å². The number of hydrogen-bond acceptors (Lipinski definition) is 2. The Bertz CT molecular complexity index is 516. The molecule has 0 bridgehead atoms. The molecule has 0 atom stereocenters. The van der Waals surface area contributed by atoms with Crippen LogP contribution in [0.4, 0.5) is 4.79 Å². The molecule has 0 aromatic heterocycles. The molecule has 0 aliphatic carbocycles. The molecule has 0 unspecified atom stereocenters. The van der Waals surface area contributed by atoms with Crippen LogP contribution in [0.25, 0.3) is 0 Å². The molecule has 3 N–H and O–H groups in total. The van der Waals surface area contributed by atoms with Crippen molar-refractivity contribution in [2.75, 3.05) is 13.1 Å². The third-order valence-corrected chi connectivity index (χ3v) is 3.45. The molecule has 0 fully saturated rings. The Morgan fingerprint density at radius 2 is 1.41 bits per heavy atom. The quantitative estimate of drug-likeness (QED) is 0.736. The minimum atomic E-state index is -0.460. The molecule has 2 aromatic carbocycles. The van der Waals surface area contributed by atoms with Crippen LogP contribution in [-0.2, 0) is 13.1 Å². The second kappa shape index (κ2) is 8.85. The number of nitrogens with two attached hydrogens (primary N) is 1. The largest absolute Gasteiger partial charge is 0.352 e. The molecule has 0 saturated heterocycles. The van der Waals surface area contributed by atoms with Gasteiger partial charge in [-0.15, -0.1) is 0 Å². The van der Waals surface area contributed by atoms with E-state index in [-0.39, 0.29) is 0 Å². The van der Waals surface area contributed by atoms with E-state index in [2.05, 4.69) is 58.7 Å². The van der Waals surface area contributed by atoms with Crippen LogP contribution in [0.3, 0.4) is 0 Å². The Kier molecular flexibility index (Phi) is 6.45. The Labute approximate surface area is 131 Å². The van der Waals surface area contributed by atoms with E-state index in [1.807, 2.05) is 12.1 Å². The smallest absolute Gasteiger partial charge is 0.312 e. The van der Waals surface area contributed by atoms with Crippen molar-refractivity contribution in [1.29, 1.82) is 0 Å². The molecule has 2 rings (SSSR count). The second-order valence-electron chi connectivity index (χ2n) is 5.33. The number of primary amides is 1. The van der Waals surface area contributed by atoms with Gasteiger partial charge in [0.1, 0.15) is 0 Å². The highest BCUT2D eigenvalue weighted by molar-refractivity contribution is 5.71. The predicted molar refractivity (Wildman–Crippen MR) is 89.2 cm³/mol. The first kappa shape index (κ1) is 16.0. The highest BCUT2D eigenvalue weighted by Gasteiger charge is 2.07. The van der Waals surface area contributed by atoms with Gasteiger partial charge in [-0.2, -0.15) is 0 Å². The van der Waals surface area contributed by atoms with E-state index >= 15 is 0 Å². The Morgan fingerprint density at radius 3 is 1.86 bits per heavy atom. The molecular weight excluding hydrogens is 274 g/mol. The van der Waals surface area contributed by atoms with Gasteiger partial charge in [-0.1, -0.05) is 60.7 Å². The Balaban J connectivity index is 1.92. The summed E-state index contributed by atoms with van der Waals surface area (Å²) >= 11 is 0. The van der Waals surface area contributed by atoms with Crippen molar-refractivity contribution in [3.8, 4) is 0 Å². The number of rotatable bonds is 8. The average Bonchev–Trinajstić information content (AvgIpc) is 2.53. The SMILES string of the molecule is NC(=O)NCCCN(Cc1ccccc1)Cc1ccccc1. The highest BCUT2D eigenvalue weighted by Crippen LogP contribution is 2.10. The lowest BCUT2D eigenvalue weighted by Crippen LogP contribution is -2.32. The van der Waals surface area contributed by atoms with Crippen LogP contribution in [0, 0.1) is 0 Å². The third-order valence-electron chi connectivity index (χ3n) is 3.45. The number of amides is 2. The molecule has 0 aliphatic heterocycles. The molecule has 0 heterocycles. The maximum absolute atomic E-state index is 10.7. The highest BCUT2D eigenvalue weighted by atomic mass is 16.2. The summed E-state index contributed by atoms with van der Waals surface area (Å²) in [5.41, 5.74) is 7.68. The van der Waals surface area contributed by atoms with Crippen molar-refractivity contribution in [1.82, 2.24) is 10.2 Å². The summed E-state index contributed by atoms with van der Waals surface area (Å²) in [7, 11) is 0. The van der Waals surface area contributed by atoms with Gasteiger partial charge < -0.3 is 11.1 Å². The lowest BCUT2D eigenvalue weighted by atomic mass is 10.1. The fourth-order valence-corrected chi connectivity index (χ4v) is 2.41. The number of benzene rings is 2. The van der Waals surface area contributed by atoms with Gasteiger partial charge in [0.25, 0.3) is 0 Å². The fraction of sp³-hybridized carbons (Fsp3) is 0.278. The number of nitrogens with zero attached hydrogens (tertiary/aromatic N) is 1. The first-order chi connectivity index (χ1) is 10.7. The second-order valence-corrected chi connectivity index (χ2v) is 5.33. The maximum atomic E-state index is 10.7. The number of carbonyl (C=O) groups excluding carboxylic acids is 1. The maximum Gasteiger partial charge on any atom is 0.312 e. The monoisotopic (exact) mass is 297 g/mol. The van der Waals surface area contributed by atoms with Crippen LogP contribution in [0.5, 0.6) is 0 Å². The van der Waals surface area contributed by atoms with Crippen molar-refractivity contribution in [2.24, 2.45) is 5.73 Å². The van der Waals surface area contributed by atoms with Crippen LogP contribution in [0.2, 0.25) is 0 Å². The van der Waals surface area contributed by atoms with Gasteiger partial charge in [-0.25, -0.2) is 4.79 Å². The first-order valence-electron chi connectivity index (χ1n) is 7.57. The zero-order valence-electron chi connectivity index (χ0n) is 12.7. The van der Waals surface area contributed by atoms with E-state index in [9.17, 15) is 4.79 Å². The number of urea groups is 1. The van der Waals surface area contributed by atoms with Gasteiger partial charge >= 0.3 is 6.03 Å². The normalized spacial score (nSPS) is 10.6. The Hall–Kier alpha value is -2.33. The fourth-order valence-electron chi connectivity index (χ4n) is 2.41. The molecule has 22 heavy (non-hydrogen) atoms. The summed E-state index contributed by atoms with van der Waals surface area (Å²) in [5, 5.41) is 2.64. The molecular formula is C18H23N3O. The molecule has 0 saturated carbocycles. The first-order valence-corrected chi connectivity index (χ1v) is 7.57. The number of nitrogens with one attached hydrogen (secondary N) is 1. The van der Waals surface area contributed by atoms with Crippen LogP contribution in [0.15, 0.2) is 60.7 Å². The van der Waals surface area contributed by atoms with Crippen LogP contribution >= 0.6 is 0 Å². The van der Waals surface area contributed by atoms with E-state index in [1.165, 1.54) is 11.1 Å². The summed E-state index contributed by atoms with van der Waals surface area (Å²) < 4.78 is 0. The molecule has 2 amide bonds. The van der Waals surface area contributed by atoms with Crippen LogP contribution < -0.4 is 11.1 Å². The van der Waals surface area contributed by atoms with Crippen molar-refractivity contribution < 1.29 is 4.79 Å². The van der Waals surface area contributed by atoms with E-state index in [1.54, 1.807) is 0 Å². The van der Waals surface area contributed by atoms with Gasteiger partial charge in [-0.3, -0.25) is 4.90 Å². The zero-order chi connectivity index (χ0) is 15.6. The van der Waals surface area contributed by atoms with E-state index in [0.717, 1.165) is 26.1 Å². The summed E-state index contributed by atoms with van der Waals surface area (Å²) in [4.78, 5) is 13.1. The third kappa shape index (κ3) is 5.97.